The summed E-state index contributed by atoms with van der Waals surface area (Å²) in [5, 5.41) is 0. The van der Waals surface area contributed by atoms with Crippen molar-refractivity contribution in [2.45, 2.75) is 24.7 Å². The van der Waals surface area contributed by atoms with Gasteiger partial charge in [0, 0.05) is 18.0 Å². The Hall–Kier alpha value is -3.42. The molecule has 7 heteroatoms. The second-order valence-electron chi connectivity index (χ2n) is 7.08. The van der Waals surface area contributed by atoms with Crippen LogP contribution in [0.5, 0.6) is 5.75 Å². The molecule has 31 heavy (non-hydrogen) atoms. The van der Waals surface area contributed by atoms with Gasteiger partial charge in [0.2, 0.25) is 0 Å². The average Bonchev–Trinajstić information content (AvgIpc) is 3.30. The summed E-state index contributed by atoms with van der Waals surface area (Å²) in [4.78, 5) is 4.22. The molecule has 158 valence electrons. The van der Waals surface area contributed by atoms with E-state index in [-0.39, 0.29) is 10.6 Å². The molecule has 1 unspecified atom stereocenters. The monoisotopic (exact) mass is 434 g/mol. The van der Waals surface area contributed by atoms with E-state index in [0.29, 0.717) is 6.61 Å². The van der Waals surface area contributed by atoms with E-state index in [1.54, 1.807) is 48.9 Å². The summed E-state index contributed by atoms with van der Waals surface area (Å²) in [6.07, 6.45) is 4.78. The molecule has 0 N–H and O–H groups in total. The molecule has 0 aliphatic heterocycles. The third kappa shape index (κ3) is 5.20. The Labute approximate surface area is 181 Å². The number of hydrogen-bond acceptors (Lipinski definition) is 5. The molecule has 0 aliphatic carbocycles. The van der Waals surface area contributed by atoms with Gasteiger partial charge in [-0.05, 0) is 36.8 Å². The largest absolute Gasteiger partial charge is 0.379 e. The van der Waals surface area contributed by atoms with Crippen LogP contribution in [0.3, 0.4) is 0 Å². The summed E-state index contributed by atoms with van der Waals surface area (Å²) >= 11 is 0. The van der Waals surface area contributed by atoms with Crippen LogP contribution in [0.25, 0.3) is 0 Å². The van der Waals surface area contributed by atoms with Crippen molar-refractivity contribution in [3.8, 4) is 5.75 Å². The number of benzene rings is 3. The number of imidazole rings is 1. The summed E-state index contributed by atoms with van der Waals surface area (Å²) < 4.78 is 38.3. The SMILES string of the molecule is Cc1ccc(S(=O)(=O)Oc2ccc(C(OCc3ccccc3)n3ccnc3)cc2)cc1. The minimum atomic E-state index is -3.90. The van der Waals surface area contributed by atoms with Crippen LogP contribution in [0, 0.1) is 6.92 Å². The van der Waals surface area contributed by atoms with Crippen LogP contribution in [0.1, 0.15) is 22.9 Å². The van der Waals surface area contributed by atoms with Crippen LogP contribution in [0.15, 0.2) is 102 Å². The van der Waals surface area contributed by atoms with Gasteiger partial charge in [0.15, 0.2) is 6.23 Å². The highest BCUT2D eigenvalue weighted by molar-refractivity contribution is 7.87. The highest BCUT2D eigenvalue weighted by Crippen LogP contribution is 2.25. The maximum atomic E-state index is 12.5. The first-order valence-electron chi connectivity index (χ1n) is 9.75. The molecule has 1 aromatic heterocycles. The van der Waals surface area contributed by atoms with Crippen molar-refractivity contribution in [1.29, 1.82) is 0 Å². The Morgan fingerprint density at radius 2 is 1.65 bits per heavy atom. The average molecular weight is 435 g/mol. The molecule has 3 aromatic carbocycles. The summed E-state index contributed by atoms with van der Waals surface area (Å²) in [7, 11) is -3.90. The first-order chi connectivity index (χ1) is 15.0. The molecule has 0 saturated carbocycles. The summed E-state index contributed by atoms with van der Waals surface area (Å²) in [5.41, 5.74) is 2.87. The minimum absolute atomic E-state index is 0.115. The highest BCUT2D eigenvalue weighted by Gasteiger charge is 2.18. The second kappa shape index (κ2) is 9.16. The number of rotatable bonds is 8. The molecule has 0 spiro atoms. The zero-order valence-electron chi connectivity index (χ0n) is 17.0. The maximum absolute atomic E-state index is 12.5. The maximum Gasteiger partial charge on any atom is 0.339 e. The predicted octanol–water partition coefficient (Wildman–Crippen LogP) is 4.72. The van der Waals surface area contributed by atoms with Gasteiger partial charge in [-0.1, -0.05) is 60.2 Å². The van der Waals surface area contributed by atoms with Crippen LogP contribution >= 0.6 is 0 Å². The fourth-order valence-electron chi connectivity index (χ4n) is 3.08. The zero-order valence-corrected chi connectivity index (χ0v) is 17.8. The number of nitrogens with zero attached hydrogens (tertiary/aromatic N) is 2. The second-order valence-corrected chi connectivity index (χ2v) is 8.62. The molecule has 0 fully saturated rings. The van der Waals surface area contributed by atoms with Gasteiger partial charge < -0.3 is 13.5 Å². The molecular weight excluding hydrogens is 412 g/mol. The van der Waals surface area contributed by atoms with E-state index in [1.807, 2.05) is 48.0 Å². The normalized spacial score (nSPS) is 12.4. The van der Waals surface area contributed by atoms with Gasteiger partial charge in [-0.2, -0.15) is 8.42 Å². The van der Waals surface area contributed by atoms with Crippen LogP contribution in [0.4, 0.5) is 0 Å². The summed E-state index contributed by atoms with van der Waals surface area (Å²) in [5.74, 6) is 0.233. The Balaban J connectivity index is 1.52. The van der Waals surface area contributed by atoms with Crippen molar-refractivity contribution >= 4 is 10.1 Å². The van der Waals surface area contributed by atoms with Gasteiger partial charge in [0.25, 0.3) is 0 Å². The first kappa shape index (κ1) is 20.8. The van der Waals surface area contributed by atoms with E-state index in [1.165, 1.54) is 12.1 Å². The lowest BCUT2D eigenvalue weighted by Crippen LogP contribution is -2.13. The number of aromatic nitrogens is 2. The van der Waals surface area contributed by atoms with Crippen molar-refractivity contribution < 1.29 is 17.3 Å². The molecule has 0 aliphatic rings. The van der Waals surface area contributed by atoms with Crippen molar-refractivity contribution in [1.82, 2.24) is 9.55 Å². The Kier molecular flexibility index (Phi) is 6.16. The Morgan fingerprint density at radius 1 is 0.935 bits per heavy atom. The molecule has 1 atom stereocenters. The van der Waals surface area contributed by atoms with Crippen LogP contribution in [0.2, 0.25) is 0 Å². The number of ether oxygens (including phenoxy) is 1. The van der Waals surface area contributed by atoms with Gasteiger partial charge in [0.05, 0.1) is 12.9 Å². The summed E-state index contributed by atoms with van der Waals surface area (Å²) in [6.45, 7) is 2.32. The van der Waals surface area contributed by atoms with Crippen molar-refractivity contribution in [3.63, 3.8) is 0 Å². The molecule has 0 saturated heterocycles. The van der Waals surface area contributed by atoms with Crippen LogP contribution < -0.4 is 4.18 Å². The first-order valence-corrected chi connectivity index (χ1v) is 11.2. The molecule has 0 radical (unpaired) electrons. The fraction of sp³-hybridized carbons (Fsp3) is 0.125. The molecule has 6 nitrogen and oxygen atoms in total. The smallest absolute Gasteiger partial charge is 0.339 e. The quantitative estimate of drug-likeness (QED) is 0.375. The van der Waals surface area contributed by atoms with E-state index >= 15 is 0 Å². The summed E-state index contributed by atoms with van der Waals surface area (Å²) in [6, 6.07) is 23.2. The lowest BCUT2D eigenvalue weighted by Gasteiger charge is -2.20. The van der Waals surface area contributed by atoms with Gasteiger partial charge in [-0.3, -0.25) is 0 Å². The van der Waals surface area contributed by atoms with Crippen molar-refractivity contribution in [2.24, 2.45) is 0 Å². The van der Waals surface area contributed by atoms with Crippen molar-refractivity contribution in [2.75, 3.05) is 0 Å². The standard InChI is InChI=1S/C24H22N2O4S/c1-19-7-13-23(14-8-19)31(27,28)30-22-11-9-21(10-12-22)24(26-16-15-25-18-26)29-17-20-5-3-2-4-6-20/h2-16,18,24H,17H2,1H3. The zero-order chi connectivity index (χ0) is 21.7. The molecule has 4 rings (SSSR count). The predicted molar refractivity (Wildman–Crippen MR) is 117 cm³/mol. The van der Waals surface area contributed by atoms with E-state index in [9.17, 15) is 8.42 Å². The number of hydrogen-bond donors (Lipinski definition) is 0. The third-order valence-electron chi connectivity index (χ3n) is 4.73. The molecule has 4 aromatic rings. The van der Waals surface area contributed by atoms with Crippen molar-refractivity contribution in [3.05, 3.63) is 114 Å². The van der Waals surface area contributed by atoms with Gasteiger partial charge in [0.1, 0.15) is 10.6 Å². The Morgan fingerprint density at radius 3 is 2.29 bits per heavy atom. The number of aryl methyl sites for hydroxylation is 1. The molecular formula is C24H22N2O4S. The van der Waals surface area contributed by atoms with E-state index in [0.717, 1.165) is 16.7 Å². The lowest BCUT2D eigenvalue weighted by molar-refractivity contribution is 0.0195. The fourth-order valence-corrected chi connectivity index (χ4v) is 4.01. The van der Waals surface area contributed by atoms with Crippen LogP contribution in [-0.2, 0) is 21.5 Å². The van der Waals surface area contributed by atoms with Gasteiger partial charge in [-0.25, -0.2) is 4.98 Å². The highest BCUT2D eigenvalue weighted by atomic mass is 32.2. The minimum Gasteiger partial charge on any atom is -0.379 e. The topological polar surface area (TPSA) is 70.4 Å². The molecule has 0 amide bonds. The third-order valence-corrected chi connectivity index (χ3v) is 5.99. The lowest BCUT2D eigenvalue weighted by atomic mass is 10.2. The van der Waals surface area contributed by atoms with Crippen LogP contribution in [-0.4, -0.2) is 18.0 Å². The van der Waals surface area contributed by atoms with E-state index < -0.39 is 16.3 Å². The molecule has 1 heterocycles. The molecule has 0 bridgehead atoms. The van der Waals surface area contributed by atoms with E-state index in [2.05, 4.69) is 4.98 Å². The van der Waals surface area contributed by atoms with Gasteiger partial charge in [-0.15, -0.1) is 0 Å². The van der Waals surface area contributed by atoms with Gasteiger partial charge >= 0.3 is 10.1 Å². The van der Waals surface area contributed by atoms with E-state index in [4.69, 9.17) is 8.92 Å². The Bertz CT molecular complexity index is 1210.